The Hall–Kier alpha value is -3.17. The molecule has 3 aliphatic heterocycles. The second-order valence-corrected chi connectivity index (χ2v) is 10.2. The summed E-state index contributed by atoms with van der Waals surface area (Å²) in [4.78, 5) is 31.5. The number of aromatic nitrogens is 1. The Balaban J connectivity index is 1.39. The van der Waals surface area contributed by atoms with Crippen molar-refractivity contribution in [2.24, 2.45) is 10.1 Å². The fourth-order valence-electron chi connectivity index (χ4n) is 4.56. The van der Waals surface area contributed by atoms with Crippen LogP contribution in [0, 0.1) is 19.3 Å². The molecule has 0 atom stereocenters. The first-order chi connectivity index (χ1) is 16.8. The van der Waals surface area contributed by atoms with Crippen molar-refractivity contribution in [3.05, 3.63) is 57.9 Å². The molecule has 0 spiro atoms. The molecule has 3 aliphatic rings. The van der Waals surface area contributed by atoms with Crippen LogP contribution in [0.15, 0.2) is 46.0 Å². The van der Waals surface area contributed by atoms with Crippen molar-refractivity contribution < 1.29 is 9.59 Å². The minimum Gasteiger partial charge on any atom is -0.342 e. The standard InChI is InChI=1S/C25H25ClN6O2S/c1-15-12-17(16(2)31(15)19-8-6-18(26)7-9-19)13-20-23(27)32-25(28-24(20)34)35-21(29-32)14-22(33)30-10-4-3-5-11-30/h6-9,12-13,27H,3-5,10-11,14H2,1-2H3/b20-13+,27-23?. The Morgan fingerprint density at radius 3 is 2.60 bits per heavy atom. The molecule has 1 saturated heterocycles. The first-order valence-electron chi connectivity index (χ1n) is 11.5. The smallest absolute Gasteiger partial charge is 0.283 e. The van der Waals surface area contributed by atoms with Crippen LogP contribution in [0.3, 0.4) is 0 Å². The molecule has 2 aromatic rings. The summed E-state index contributed by atoms with van der Waals surface area (Å²) >= 11 is 7.22. The molecule has 5 rings (SSSR count). The number of thioether (sulfide) groups is 1. The maximum atomic E-state index is 12.9. The third-order valence-corrected chi connectivity index (χ3v) is 7.52. The molecule has 1 N–H and O–H groups in total. The Kier molecular flexibility index (Phi) is 6.37. The summed E-state index contributed by atoms with van der Waals surface area (Å²) in [6, 6.07) is 9.52. The van der Waals surface area contributed by atoms with Crippen molar-refractivity contribution in [2.75, 3.05) is 13.1 Å². The number of amidine groups is 2. The fraction of sp³-hybridized carbons (Fsp3) is 0.320. The predicted molar refractivity (Wildman–Crippen MR) is 140 cm³/mol. The normalized spacial score (nSPS) is 19.2. The van der Waals surface area contributed by atoms with Crippen molar-refractivity contribution >= 4 is 57.3 Å². The number of carbonyl (C=O) groups excluding carboxylic acids is 2. The van der Waals surface area contributed by atoms with Crippen molar-refractivity contribution in [1.29, 1.82) is 5.41 Å². The van der Waals surface area contributed by atoms with Crippen molar-refractivity contribution in [1.82, 2.24) is 14.5 Å². The van der Waals surface area contributed by atoms with Gasteiger partial charge in [0.05, 0.1) is 12.0 Å². The predicted octanol–water partition coefficient (Wildman–Crippen LogP) is 4.77. The molecule has 1 aromatic heterocycles. The molecule has 2 amide bonds. The van der Waals surface area contributed by atoms with Gasteiger partial charge >= 0.3 is 0 Å². The van der Waals surface area contributed by atoms with E-state index in [-0.39, 0.29) is 23.7 Å². The highest BCUT2D eigenvalue weighted by atomic mass is 35.5. The van der Waals surface area contributed by atoms with Crippen LogP contribution in [0.4, 0.5) is 0 Å². The zero-order valence-corrected chi connectivity index (χ0v) is 21.1. The number of nitrogens with zero attached hydrogens (tertiary/aromatic N) is 5. The third kappa shape index (κ3) is 4.58. The number of benzene rings is 1. The molecule has 0 saturated carbocycles. The summed E-state index contributed by atoms with van der Waals surface area (Å²) in [5.41, 5.74) is 3.87. The van der Waals surface area contributed by atoms with Gasteiger partial charge in [0.1, 0.15) is 5.04 Å². The molecule has 1 fully saturated rings. The number of carbonyl (C=O) groups is 2. The van der Waals surface area contributed by atoms with Gasteiger partial charge in [-0.15, -0.1) is 0 Å². The van der Waals surface area contributed by atoms with Crippen LogP contribution >= 0.6 is 23.4 Å². The largest absolute Gasteiger partial charge is 0.342 e. The van der Waals surface area contributed by atoms with Gasteiger partial charge in [0, 0.05) is 35.2 Å². The monoisotopic (exact) mass is 508 g/mol. The number of aryl methyl sites for hydroxylation is 1. The van der Waals surface area contributed by atoms with Crippen molar-refractivity contribution in [3.63, 3.8) is 0 Å². The number of halogens is 1. The van der Waals surface area contributed by atoms with E-state index < -0.39 is 5.91 Å². The van der Waals surface area contributed by atoms with E-state index in [1.54, 1.807) is 6.08 Å². The van der Waals surface area contributed by atoms with E-state index in [4.69, 9.17) is 17.0 Å². The molecule has 1 aromatic carbocycles. The van der Waals surface area contributed by atoms with Crippen molar-refractivity contribution in [2.45, 2.75) is 39.5 Å². The Labute approximate surface area is 212 Å². The lowest BCUT2D eigenvalue weighted by Crippen LogP contribution is -2.36. The molecule has 10 heteroatoms. The summed E-state index contributed by atoms with van der Waals surface area (Å²) in [6.07, 6.45) is 5.05. The minimum absolute atomic E-state index is 0.0275. The minimum atomic E-state index is -0.483. The number of piperidine rings is 1. The Morgan fingerprint density at radius 2 is 1.89 bits per heavy atom. The lowest BCUT2D eigenvalue weighted by atomic mass is 10.1. The number of aliphatic imine (C=N–C) groups is 1. The quantitative estimate of drug-likeness (QED) is 0.602. The summed E-state index contributed by atoms with van der Waals surface area (Å²) in [5, 5.41) is 16.0. The summed E-state index contributed by atoms with van der Waals surface area (Å²) < 4.78 is 2.07. The lowest BCUT2D eigenvalue weighted by molar-refractivity contribution is -0.130. The first kappa shape index (κ1) is 23.6. The summed E-state index contributed by atoms with van der Waals surface area (Å²) in [6.45, 7) is 5.50. The maximum absolute atomic E-state index is 12.9. The highest BCUT2D eigenvalue weighted by Gasteiger charge is 2.36. The zero-order valence-electron chi connectivity index (χ0n) is 19.5. The van der Waals surface area contributed by atoms with Crippen LogP contribution in [0.5, 0.6) is 0 Å². The van der Waals surface area contributed by atoms with Crippen molar-refractivity contribution in [3.8, 4) is 5.69 Å². The third-order valence-electron chi connectivity index (χ3n) is 6.36. The number of hydrazone groups is 1. The van der Waals surface area contributed by atoms with Crippen LogP contribution in [0.25, 0.3) is 11.8 Å². The second-order valence-electron chi connectivity index (χ2n) is 8.77. The van der Waals surface area contributed by atoms with Crippen LogP contribution in [-0.4, -0.2) is 55.4 Å². The number of hydrogen-bond donors (Lipinski definition) is 1. The average molecular weight is 509 g/mol. The number of amides is 2. The van der Waals surface area contributed by atoms with Gasteiger partial charge in [-0.1, -0.05) is 11.6 Å². The van der Waals surface area contributed by atoms with Gasteiger partial charge in [0.25, 0.3) is 5.91 Å². The molecule has 4 heterocycles. The molecule has 35 heavy (non-hydrogen) atoms. The van der Waals surface area contributed by atoms with E-state index in [9.17, 15) is 9.59 Å². The second kappa shape index (κ2) is 9.47. The highest BCUT2D eigenvalue weighted by molar-refractivity contribution is 8.27. The van der Waals surface area contributed by atoms with Crippen LogP contribution in [0.2, 0.25) is 5.02 Å². The van der Waals surface area contributed by atoms with Gasteiger partial charge in [0.15, 0.2) is 5.84 Å². The number of fused-ring (bicyclic) bond motifs is 1. The average Bonchev–Trinajstić information content (AvgIpc) is 3.37. The molecule has 0 unspecified atom stereocenters. The summed E-state index contributed by atoms with van der Waals surface area (Å²) in [7, 11) is 0. The van der Waals surface area contributed by atoms with Gasteiger partial charge in [-0.2, -0.15) is 15.1 Å². The number of hydrogen-bond acceptors (Lipinski definition) is 5. The van der Waals surface area contributed by atoms with Gasteiger partial charge in [0.2, 0.25) is 11.1 Å². The number of likely N-dealkylation sites (tertiary alicyclic amines) is 1. The summed E-state index contributed by atoms with van der Waals surface area (Å²) in [5.74, 6) is -0.493. The van der Waals surface area contributed by atoms with Gasteiger partial charge < -0.3 is 9.47 Å². The molecule has 0 bridgehead atoms. The maximum Gasteiger partial charge on any atom is 0.283 e. The van der Waals surface area contributed by atoms with Gasteiger partial charge in [-0.3, -0.25) is 15.0 Å². The Bertz CT molecular complexity index is 1320. The zero-order chi connectivity index (χ0) is 24.7. The van der Waals surface area contributed by atoms with E-state index in [2.05, 4.69) is 14.7 Å². The molecule has 0 radical (unpaired) electrons. The van der Waals surface area contributed by atoms with E-state index in [1.165, 1.54) is 16.8 Å². The van der Waals surface area contributed by atoms with Gasteiger partial charge in [-0.05, 0) is 86.8 Å². The van der Waals surface area contributed by atoms with Gasteiger partial charge in [-0.25, -0.2) is 0 Å². The molecule has 0 aliphatic carbocycles. The molecular formula is C25H25ClN6O2S. The van der Waals surface area contributed by atoms with E-state index in [1.807, 2.05) is 49.1 Å². The SMILES string of the molecule is Cc1cc(/C=C2\C(=N)N3N=C(CC(=O)N4CCCCC4)SC3=NC2=O)c(C)n1-c1ccc(Cl)cc1. The van der Waals surface area contributed by atoms with E-state index in [0.29, 0.717) is 15.2 Å². The number of rotatable bonds is 4. The molecular weight excluding hydrogens is 484 g/mol. The fourth-order valence-corrected chi connectivity index (χ4v) is 5.57. The molecule has 8 nitrogen and oxygen atoms in total. The lowest BCUT2D eigenvalue weighted by Gasteiger charge is -2.26. The Morgan fingerprint density at radius 1 is 1.17 bits per heavy atom. The first-order valence-corrected chi connectivity index (χ1v) is 12.7. The van der Waals surface area contributed by atoms with Crippen LogP contribution in [0.1, 0.15) is 42.6 Å². The number of nitrogens with one attached hydrogen (secondary N) is 1. The topological polar surface area (TPSA) is 94.1 Å². The van der Waals surface area contributed by atoms with E-state index >= 15 is 0 Å². The van der Waals surface area contributed by atoms with Crippen LogP contribution < -0.4 is 0 Å². The van der Waals surface area contributed by atoms with Crippen LogP contribution in [-0.2, 0) is 9.59 Å². The van der Waals surface area contributed by atoms with E-state index in [0.717, 1.165) is 55.0 Å². The highest BCUT2D eigenvalue weighted by Crippen LogP contribution is 2.31. The molecule has 180 valence electrons.